The Morgan fingerprint density at radius 2 is 2.00 bits per heavy atom. The van der Waals surface area contributed by atoms with Gasteiger partial charge in [0.1, 0.15) is 0 Å². The summed E-state index contributed by atoms with van der Waals surface area (Å²) in [5.41, 5.74) is -0.0568. The third-order valence-electron chi connectivity index (χ3n) is 4.26. The first-order valence-electron chi connectivity index (χ1n) is 7.49. The Morgan fingerprint density at radius 1 is 1.32 bits per heavy atom. The molecule has 0 aliphatic heterocycles. The van der Waals surface area contributed by atoms with Crippen LogP contribution < -0.4 is 10.6 Å². The molecular weight excluding hydrogens is 240 g/mol. The van der Waals surface area contributed by atoms with Crippen LogP contribution in [-0.4, -0.2) is 30.3 Å². The Labute approximate surface area is 117 Å². The number of hydrogen-bond donors (Lipinski definition) is 3. The van der Waals surface area contributed by atoms with Gasteiger partial charge in [-0.1, -0.05) is 27.7 Å². The Morgan fingerprint density at radius 3 is 2.58 bits per heavy atom. The topological polar surface area (TPSA) is 61.4 Å². The molecule has 0 aromatic heterocycles. The van der Waals surface area contributed by atoms with Gasteiger partial charge in [0.05, 0.1) is 0 Å². The molecule has 112 valence electrons. The van der Waals surface area contributed by atoms with E-state index >= 15 is 0 Å². The van der Waals surface area contributed by atoms with E-state index in [0.29, 0.717) is 24.9 Å². The number of aliphatic hydroxyl groups excluding tert-OH is 1. The van der Waals surface area contributed by atoms with E-state index in [1.165, 1.54) is 12.8 Å². The van der Waals surface area contributed by atoms with Gasteiger partial charge in [-0.25, -0.2) is 4.79 Å². The summed E-state index contributed by atoms with van der Waals surface area (Å²) in [5, 5.41) is 15.0. The van der Waals surface area contributed by atoms with Gasteiger partial charge >= 0.3 is 6.03 Å². The Bertz CT molecular complexity index is 292. The minimum Gasteiger partial charge on any atom is -0.396 e. The maximum atomic E-state index is 11.9. The molecule has 1 aliphatic rings. The van der Waals surface area contributed by atoms with Crippen LogP contribution in [-0.2, 0) is 0 Å². The van der Waals surface area contributed by atoms with Crippen molar-refractivity contribution >= 4 is 6.03 Å². The van der Waals surface area contributed by atoms with Gasteiger partial charge in [0.2, 0.25) is 0 Å². The van der Waals surface area contributed by atoms with Crippen molar-refractivity contribution in [2.24, 2.45) is 17.3 Å². The number of aliphatic hydroxyl groups is 1. The molecule has 1 aliphatic carbocycles. The van der Waals surface area contributed by atoms with Crippen LogP contribution in [0.25, 0.3) is 0 Å². The van der Waals surface area contributed by atoms with Gasteiger partial charge in [-0.3, -0.25) is 0 Å². The molecule has 3 atom stereocenters. The summed E-state index contributed by atoms with van der Waals surface area (Å²) in [6.45, 7) is 9.36. The number of nitrogens with one attached hydrogen (secondary N) is 2. The first-order chi connectivity index (χ1) is 8.84. The van der Waals surface area contributed by atoms with Gasteiger partial charge in [-0.2, -0.15) is 0 Å². The molecule has 0 radical (unpaired) electrons. The zero-order chi connectivity index (χ0) is 14.5. The maximum absolute atomic E-state index is 11.9. The highest BCUT2D eigenvalue weighted by molar-refractivity contribution is 5.74. The van der Waals surface area contributed by atoms with Crippen LogP contribution in [0.1, 0.15) is 53.4 Å². The molecule has 0 aromatic rings. The first kappa shape index (κ1) is 16.3. The highest BCUT2D eigenvalue weighted by atomic mass is 16.3. The normalized spacial score (nSPS) is 27.9. The smallest absolute Gasteiger partial charge is 0.315 e. The monoisotopic (exact) mass is 270 g/mol. The van der Waals surface area contributed by atoms with Crippen LogP contribution in [0.4, 0.5) is 4.79 Å². The molecule has 2 amide bonds. The number of urea groups is 1. The van der Waals surface area contributed by atoms with Crippen molar-refractivity contribution < 1.29 is 9.90 Å². The summed E-state index contributed by atoms with van der Waals surface area (Å²) < 4.78 is 0. The predicted octanol–water partition coefficient (Wildman–Crippen LogP) is 2.52. The predicted molar refractivity (Wildman–Crippen MR) is 78.0 cm³/mol. The van der Waals surface area contributed by atoms with Gasteiger partial charge < -0.3 is 15.7 Å². The molecule has 4 nitrogen and oxygen atoms in total. The maximum Gasteiger partial charge on any atom is 0.315 e. The molecule has 3 unspecified atom stereocenters. The lowest BCUT2D eigenvalue weighted by Crippen LogP contribution is -2.48. The van der Waals surface area contributed by atoms with Gasteiger partial charge in [-0.15, -0.1) is 0 Å². The summed E-state index contributed by atoms with van der Waals surface area (Å²) in [5.74, 6) is 1.33. The Hall–Kier alpha value is -0.770. The van der Waals surface area contributed by atoms with E-state index in [0.717, 1.165) is 12.3 Å². The molecular formula is C15H30N2O2. The number of carbonyl (C=O) groups is 1. The summed E-state index contributed by atoms with van der Waals surface area (Å²) in [4.78, 5) is 11.9. The molecule has 0 heterocycles. The molecule has 1 fully saturated rings. The first-order valence-corrected chi connectivity index (χ1v) is 7.49. The van der Waals surface area contributed by atoms with E-state index in [2.05, 4.69) is 38.3 Å². The molecule has 0 saturated heterocycles. The fourth-order valence-electron chi connectivity index (χ4n) is 2.81. The molecule has 0 aromatic carbocycles. The van der Waals surface area contributed by atoms with Crippen molar-refractivity contribution in [3.63, 3.8) is 0 Å². The molecule has 1 rings (SSSR count). The van der Waals surface area contributed by atoms with Crippen molar-refractivity contribution in [2.75, 3.05) is 13.2 Å². The molecule has 19 heavy (non-hydrogen) atoms. The van der Waals surface area contributed by atoms with E-state index in [1.807, 2.05) is 0 Å². The SMILES string of the molecule is CC1CCC(NC(=O)NCC(C)(C)CCO)C(C)C1. The number of carbonyl (C=O) groups excluding carboxylic acids is 1. The van der Waals surface area contributed by atoms with Gasteiger partial charge in [0.25, 0.3) is 0 Å². The second-order valence-electron chi connectivity index (χ2n) is 6.97. The van der Waals surface area contributed by atoms with Gasteiger partial charge in [0, 0.05) is 19.2 Å². The molecule has 3 N–H and O–H groups in total. The fourth-order valence-corrected chi connectivity index (χ4v) is 2.81. The van der Waals surface area contributed by atoms with Crippen LogP contribution in [0.5, 0.6) is 0 Å². The second kappa shape index (κ2) is 7.13. The van der Waals surface area contributed by atoms with Gasteiger partial charge in [-0.05, 0) is 42.9 Å². The molecule has 0 spiro atoms. The van der Waals surface area contributed by atoms with Crippen LogP contribution in [0.2, 0.25) is 0 Å². The van der Waals surface area contributed by atoms with E-state index in [4.69, 9.17) is 5.11 Å². The minimum atomic E-state index is -0.0718. The lowest BCUT2D eigenvalue weighted by molar-refractivity contribution is 0.190. The van der Waals surface area contributed by atoms with Crippen molar-refractivity contribution in [1.29, 1.82) is 0 Å². The summed E-state index contributed by atoms with van der Waals surface area (Å²) in [7, 11) is 0. The lowest BCUT2D eigenvalue weighted by Gasteiger charge is -2.33. The van der Waals surface area contributed by atoms with Crippen LogP contribution in [0.15, 0.2) is 0 Å². The number of hydrogen-bond acceptors (Lipinski definition) is 2. The lowest BCUT2D eigenvalue weighted by atomic mass is 9.80. The zero-order valence-corrected chi connectivity index (χ0v) is 12.8. The van der Waals surface area contributed by atoms with Crippen molar-refractivity contribution in [3.05, 3.63) is 0 Å². The number of rotatable bonds is 5. The highest BCUT2D eigenvalue weighted by Gasteiger charge is 2.27. The molecule has 1 saturated carbocycles. The number of amides is 2. The van der Waals surface area contributed by atoms with Crippen molar-refractivity contribution in [3.8, 4) is 0 Å². The summed E-state index contributed by atoms with van der Waals surface area (Å²) in [6, 6.07) is 0.231. The highest BCUT2D eigenvalue weighted by Crippen LogP contribution is 2.28. The van der Waals surface area contributed by atoms with Gasteiger partial charge in [0.15, 0.2) is 0 Å². The van der Waals surface area contributed by atoms with E-state index in [1.54, 1.807) is 0 Å². The van der Waals surface area contributed by atoms with Crippen molar-refractivity contribution in [1.82, 2.24) is 10.6 Å². The fraction of sp³-hybridized carbons (Fsp3) is 0.933. The van der Waals surface area contributed by atoms with E-state index in [-0.39, 0.29) is 18.1 Å². The zero-order valence-electron chi connectivity index (χ0n) is 12.8. The van der Waals surface area contributed by atoms with Crippen molar-refractivity contribution in [2.45, 2.75) is 59.4 Å². The van der Waals surface area contributed by atoms with Crippen LogP contribution in [0.3, 0.4) is 0 Å². The third-order valence-corrected chi connectivity index (χ3v) is 4.26. The minimum absolute atomic E-state index is 0.0568. The Kier molecular flexibility index (Phi) is 6.11. The van der Waals surface area contributed by atoms with E-state index in [9.17, 15) is 4.79 Å². The largest absolute Gasteiger partial charge is 0.396 e. The third kappa shape index (κ3) is 5.81. The average Bonchev–Trinajstić information content (AvgIpc) is 2.30. The van der Waals surface area contributed by atoms with Crippen LogP contribution >= 0.6 is 0 Å². The standard InChI is InChI=1S/C15H30N2O2/c1-11-5-6-13(12(2)9-11)17-14(19)16-10-15(3,4)7-8-18/h11-13,18H,5-10H2,1-4H3,(H2,16,17,19). The van der Waals surface area contributed by atoms with E-state index < -0.39 is 0 Å². The molecule has 4 heteroatoms. The van der Waals surface area contributed by atoms with Crippen LogP contribution in [0, 0.1) is 17.3 Å². The molecule has 0 bridgehead atoms. The average molecular weight is 270 g/mol. The Balaban J connectivity index is 2.31. The second-order valence-corrected chi connectivity index (χ2v) is 6.97. The quantitative estimate of drug-likeness (QED) is 0.719. The summed E-state index contributed by atoms with van der Waals surface area (Å²) >= 11 is 0. The summed E-state index contributed by atoms with van der Waals surface area (Å²) in [6.07, 6.45) is 4.17.